The Morgan fingerprint density at radius 2 is 1.39 bits per heavy atom. The van der Waals surface area contributed by atoms with Crippen molar-refractivity contribution in [3.8, 4) is 5.75 Å². The van der Waals surface area contributed by atoms with E-state index in [-0.39, 0.29) is 41.5 Å². The van der Waals surface area contributed by atoms with E-state index in [2.05, 4.69) is 36.2 Å². The van der Waals surface area contributed by atoms with Crippen molar-refractivity contribution in [3.63, 3.8) is 0 Å². The second kappa shape index (κ2) is 17.3. The summed E-state index contributed by atoms with van der Waals surface area (Å²) in [6.07, 6.45) is 1.19. The number of hydrogen-bond acceptors (Lipinski definition) is 11. The van der Waals surface area contributed by atoms with Crippen molar-refractivity contribution in [3.05, 3.63) is 89.5 Å². The van der Waals surface area contributed by atoms with Gasteiger partial charge in [-0.05, 0) is 67.9 Å². The average Bonchev–Trinajstić information content (AvgIpc) is 3.04. The molecule has 0 radical (unpaired) electrons. The zero-order valence-electron chi connectivity index (χ0n) is 25.2. The molecule has 4 aromatic rings. The van der Waals surface area contributed by atoms with Gasteiger partial charge in [-0.1, -0.05) is 12.1 Å². The van der Waals surface area contributed by atoms with Crippen LogP contribution in [0, 0.1) is 11.6 Å². The summed E-state index contributed by atoms with van der Waals surface area (Å²) in [4.78, 5) is 36.8. The number of ether oxygens (including phenoxy) is 2. The van der Waals surface area contributed by atoms with Crippen LogP contribution in [0.1, 0.15) is 35.7 Å². The van der Waals surface area contributed by atoms with Crippen molar-refractivity contribution in [1.29, 1.82) is 0 Å². The smallest absolute Gasteiger partial charge is 0.251 e. The van der Waals surface area contributed by atoms with E-state index in [0.29, 0.717) is 62.8 Å². The summed E-state index contributed by atoms with van der Waals surface area (Å²) in [5.74, 6) is -1.47. The van der Waals surface area contributed by atoms with Crippen LogP contribution < -0.4 is 21.3 Å². The summed E-state index contributed by atoms with van der Waals surface area (Å²) in [7, 11) is 0. The Bertz CT molecular complexity index is 1590. The van der Waals surface area contributed by atoms with E-state index in [1.165, 1.54) is 24.3 Å². The molecule has 0 unspecified atom stereocenters. The molecule has 46 heavy (non-hydrogen) atoms. The molecule has 12 nitrogen and oxygen atoms in total. The second-order valence-corrected chi connectivity index (χ2v) is 10.0. The number of amides is 1. The largest absolute Gasteiger partial charge is 0.508 e. The number of nitrogens with zero attached hydrogens (tertiary/aromatic N) is 3. The summed E-state index contributed by atoms with van der Waals surface area (Å²) >= 11 is 0. The fraction of sp³-hybridized carbons (Fsp3) is 0.281. The van der Waals surface area contributed by atoms with Gasteiger partial charge in [0.1, 0.15) is 11.5 Å². The lowest BCUT2D eigenvalue weighted by molar-refractivity contribution is -0.117. The second-order valence-electron chi connectivity index (χ2n) is 10.0. The number of ketones is 1. The van der Waals surface area contributed by atoms with E-state index < -0.39 is 17.5 Å². The van der Waals surface area contributed by atoms with Crippen molar-refractivity contribution in [1.82, 2.24) is 20.3 Å². The lowest BCUT2D eigenvalue weighted by Crippen LogP contribution is -2.23. The molecule has 0 saturated carbocycles. The van der Waals surface area contributed by atoms with Crippen molar-refractivity contribution in [2.45, 2.75) is 26.3 Å². The third-order valence-electron chi connectivity index (χ3n) is 6.35. The molecule has 0 saturated heterocycles. The molecule has 0 bridgehead atoms. The van der Waals surface area contributed by atoms with Gasteiger partial charge < -0.3 is 40.6 Å². The predicted molar refractivity (Wildman–Crippen MR) is 169 cm³/mol. The standard InChI is InChI=1S/C32H35F2N7O5/c1-21(42)4-3-16-45-18-19-46-17-15-35-30-39-31(41-32(40-30)38-25-11-13-26(43)14-12-25)37-24-9-7-22(8-10-24)29(44)36-20-23-5-2-6-27(33)28(23)34/h2,5-14,43H,3-4,15-20H2,1H3,(H,36,44)(H3,35,37,38,39,40,41). The van der Waals surface area contributed by atoms with Gasteiger partial charge in [-0.15, -0.1) is 0 Å². The highest BCUT2D eigenvalue weighted by Gasteiger charge is 2.12. The molecule has 1 amide bonds. The zero-order valence-corrected chi connectivity index (χ0v) is 25.2. The van der Waals surface area contributed by atoms with E-state index in [4.69, 9.17) is 9.47 Å². The maximum atomic E-state index is 13.9. The summed E-state index contributed by atoms with van der Waals surface area (Å²) in [5, 5.41) is 21.4. The molecule has 0 fully saturated rings. The van der Waals surface area contributed by atoms with Gasteiger partial charge >= 0.3 is 0 Å². The predicted octanol–water partition coefficient (Wildman–Crippen LogP) is 5.09. The van der Waals surface area contributed by atoms with Crippen molar-refractivity contribution < 1.29 is 33.0 Å². The highest BCUT2D eigenvalue weighted by atomic mass is 19.2. The number of halogens is 2. The lowest BCUT2D eigenvalue weighted by Gasteiger charge is -2.12. The van der Waals surface area contributed by atoms with Gasteiger partial charge in [0.05, 0.1) is 19.8 Å². The van der Waals surface area contributed by atoms with Crippen LogP contribution in [0.25, 0.3) is 0 Å². The molecule has 0 aliphatic rings. The molecule has 1 heterocycles. The summed E-state index contributed by atoms with van der Waals surface area (Å²) < 4.78 is 38.4. The molecule has 5 N–H and O–H groups in total. The first-order chi connectivity index (χ1) is 22.3. The van der Waals surface area contributed by atoms with Crippen molar-refractivity contribution in [2.24, 2.45) is 0 Å². The first-order valence-corrected chi connectivity index (χ1v) is 14.6. The fourth-order valence-corrected chi connectivity index (χ4v) is 4.02. The molecule has 14 heteroatoms. The van der Waals surface area contributed by atoms with Crippen LogP contribution in [0.4, 0.5) is 38.0 Å². The van der Waals surface area contributed by atoms with Crippen LogP contribution in [-0.4, -0.2) is 64.7 Å². The zero-order chi connectivity index (χ0) is 32.7. The van der Waals surface area contributed by atoms with Crippen molar-refractivity contribution in [2.75, 3.05) is 48.9 Å². The number of hydrogen-bond donors (Lipinski definition) is 5. The van der Waals surface area contributed by atoms with Gasteiger partial charge in [0, 0.05) is 48.6 Å². The SMILES string of the molecule is CC(=O)CCCOCCOCCNc1nc(Nc2ccc(O)cc2)nc(Nc2ccc(C(=O)NCc3cccc(F)c3F)cc2)n1. The molecule has 0 spiro atoms. The average molecular weight is 636 g/mol. The Morgan fingerprint density at radius 1 is 0.783 bits per heavy atom. The Hall–Kier alpha value is -5.21. The maximum Gasteiger partial charge on any atom is 0.251 e. The number of aromatic hydroxyl groups is 1. The summed E-state index contributed by atoms with van der Waals surface area (Å²) in [5.41, 5.74) is 1.57. The lowest BCUT2D eigenvalue weighted by atomic mass is 10.1. The number of anilines is 5. The normalized spacial score (nSPS) is 10.8. The highest BCUT2D eigenvalue weighted by molar-refractivity contribution is 5.94. The quantitative estimate of drug-likeness (QED) is 0.0732. The first kappa shape index (κ1) is 33.7. The number of nitrogens with one attached hydrogen (secondary N) is 4. The molecular formula is C32H35F2N7O5. The molecule has 242 valence electrons. The van der Waals surface area contributed by atoms with Crippen LogP contribution in [0.2, 0.25) is 0 Å². The minimum Gasteiger partial charge on any atom is -0.508 e. The van der Waals surface area contributed by atoms with Crippen LogP contribution in [0.5, 0.6) is 5.75 Å². The van der Waals surface area contributed by atoms with E-state index in [1.54, 1.807) is 43.3 Å². The fourth-order valence-electron chi connectivity index (χ4n) is 4.02. The molecule has 4 rings (SSSR count). The van der Waals surface area contributed by atoms with Gasteiger partial charge in [-0.3, -0.25) is 4.79 Å². The molecule has 0 atom stereocenters. The maximum absolute atomic E-state index is 13.9. The Balaban J connectivity index is 1.34. The minimum atomic E-state index is -0.997. The van der Waals surface area contributed by atoms with Gasteiger partial charge in [0.15, 0.2) is 11.6 Å². The Morgan fingerprint density at radius 3 is 2.04 bits per heavy atom. The van der Waals surface area contributed by atoms with E-state index >= 15 is 0 Å². The number of carbonyl (C=O) groups is 2. The molecule has 3 aromatic carbocycles. The number of carbonyl (C=O) groups excluding carboxylic acids is 2. The summed E-state index contributed by atoms with van der Waals surface area (Å²) in [6, 6.07) is 16.6. The third-order valence-corrected chi connectivity index (χ3v) is 6.35. The van der Waals surface area contributed by atoms with Crippen LogP contribution >= 0.6 is 0 Å². The number of benzene rings is 3. The first-order valence-electron chi connectivity index (χ1n) is 14.6. The summed E-state index contributed by atoms with van der Waals surface area (Å²) in [6.45, 7) is 3.48. The molecule has 0 aliphatic carbocycles. The van der Waals surface area contributed by atoms with Crippen LogP contribution in [-0.2, 0) is 20.8 Å². The van der Waals surface area contributed by atoms with E-state index in [0.717, 1.165) is 6.07 Å². The van der Waals surface area contributed by atoms with Crippen LogP contribution in [0.15, 0.2) is 66.7 Å². The topological polar surface area (TPSA) is 160 Å². The third kappa shape index (κ3) is 11.1. The number of phenols is 1. The monoisotopic (exact) mass is 635 g/mol. The van der Waals surface area contributed by atoms with Gasteiger partial charge in [0.2, 0.25) is 17.8 Å². The molecule has 0 aliphatic heterocycles. The molecule has 1 aromatic heterocycles. The highest BCUT2D eigenvalue weighted by Crippen LogP contribution is 2.21. The van der Waals surface area contributed by atoms with Gasteiger partial charge in [0.25, 0.3) is 5.91 Å². The Kier molecular flexibility index (Phi) is 12.7. The van der Waals surface area contributed by atoms with Crippen molar-refractivity contribution >= 4 is 40.9 Å². The van der Waals surface area contributed by atoms with E-state index in [9.17, 15) is 23.5 Å². The number of phenolic OH excluding ortho intramolecular Hbond substituents is 1. The number of aromatic nitrogens is 3. The van der Waals surface area contributed by atoms with E-state index in [1.807, 2.05) is 0 Å². The molecular weight excluding hydrogens is 600 g/mol. The van der Waals surface area contributed by atoms with Gasteiger partial charge in [-0.2, -0.15) is 15.0 Å². The number of rotatable bonds is 18. The van der Waals surface area contributed by atoms with Gasteiger partial charge in [-0.25, -0.2) is 8.78 Å². The van der Waals surface area contributed by atoms with Crippen LogP contribution in [0.3, 0.4) is 0 Å². The minimum absolute atomic E-state index is 0.0423. The number of Topliss-reactive ketones (excluding diaryl/α,β-unsaturated/α-hetero) is 1. The Labute approximate surface area is 264 Å².